The van der Waals surface area contributed by atoms with Crippen LogP contribution in [0.25, 0.3) is 0 Å². The largest absolute Gasteiger partial charge is 0.380 e. The van der Waals surface area contributed by atoms with E-state index in [0.717, 1.165) is 6.42 Å². The van der Waals surface area contributed by atoms with Crippen LogP contribution in [0.1, 0.15) is 25.7 Å². The summed E-state index contributed by atoms with van der Waals surface area (Å²) in [6.07, 6.45) is 1.98. The fourth-order valence-electron chi connectivity index (χ4n) is 1.92. The molecule has 20 heavy (non-hydrogen) atoms. The van der Waals surface area contributed by atoms with E-state index in [2.05, 4.69) is 0 Å². The summed E-state index contributed by atoms with van der Waals surface area (Å²) in [5.74, 6) is 0. The van der Waals surface area contributed by atoms with Crippen molar-refractivity contribution in [3.8, 4) is 18.2 Å². The van der Waals surface area contributed by atoms with Gasteiger partial charge in [-0.05, 0) is 6.42 Å². The lowest BCUT2D eigenvalue weighted by molar-refractivity contribution is -0.00663. The van der Waals surface area contributed by atoms with Crippen LogP contribution in [0.5, 0.6) is 0 Å². The summed E-state index contributed by atoms with van der Waals surface area (Å²) in [4.78, 5) is 0. The molecule has 0 saturated heterocycles. The van der Waals surface area contributed by atoms with Gasteiger partial charge in [0.25, 0.3) is 0 Å². The minimum Gasteiger partial charge on any atom is -0.380 e. The standard InChI is InChI=1S/C14H19N3O3/c15-4-1-7-18-11-14(12-19-8-2-5-16)10-13(14)20-9-3-6-17/h13H,1-3,7-12H2. The molecule has 0 N–H and O–H groups in total. The van der Waals surface area contributed by atoms with Crippen molar-refractivity contribution in [3.05, 3.63) is 0 Å². The van der Waals surface area contributed by atoms with Crippen molar-refractivity contribution in [1.82, 2.24) is 0 Å². The van der Waals surface area contributed by atoms with Gasteiger partial charge in [-0.2, -0.15) is 15.8 Å². The number of nitriles is 3. The first-order chi connectivity index (χ1) is 9.79. The Morgan fingerprint density at radius 1 is 0.850 bits per heavy atom. The molecule has 0 aromatic carbocycles. The molecule has 0 amide bonds. The van der Waals surface area contributed by atoms with Gasteiger partial charge >= 0.3 is 0 Å². The molecular weight excluding hydrogens is 258 g/mol. The van der Waals surface area contributed by atoms with Crippen LogP contribution in [0.4, 0.5) is 0 Å². The van der Waals surface area contributed by atoms with E-state index in [-0.39, 0.29) is 11.5 Å². The second kappa shape index (κ2) is 9.28. The molecule has 1 unspecified atom stereocenters. The van der Waals surface area contributed by atoms with E-state index in [1.807, 2.05) is 18.2 Å². The Hall–Kier alpha value is -1.65. The number of nitrogens with zero attached hydrogens (tertiary/aromatic N) is 3. The zero-order valence-corrected chi connectivity index (χ0v) is 11.5. The highest BCUT2D eigenvalue weighted by atomic mass is 16.5. The van der Waals surface area contributed by atoms with Gasteiger partial charge in [-0.1, -0.05) is 0 Å². The van der Waals surface area contributed by atoms with Crippen molar-refractivity contribution in [2.75, 3.05) is 33.0 Å². The summed E-state index contributed by atoms with van der Waals surface area (Å²) in [6, 6.07) is 6.09. The second-order valence-corrected chi connectivity index (χ2v) is 4.76. The topological polar surface area (TPSA) is 99.1 Å². The molecule has 0 spiro atoms. The van der Waals surface area contributed by atoms with E-state index in [0.29, 0.717) is 52.3 Å². The number of hydrogen-bond donors (Lipinski definition) is 0. The van der Waals surface area contributed by atoms with Crippen molar-refractivity contribution in [2.45, 2.75) is 31.8 Å². The van der Waals surface area contributed by atoms with Crippen LogP contribution in [-0.4, -0.2) is 39.1 Å². The zero-order chi connectivity index (χ0) is 14.7. The predicted molar refractivity (Wildman–Crippen MR) is 69.1 cm³/mol. The number of rotatable bonds is 11. The Morgan fingerprint density at radius 2 is 1.35 bits per heavy atom. The van der Waals surface area contributed by atoms with Crippen LogP contribution in [0.15, 0.2) is 0 Å². The number of hydrogen-bond acceptors (Lipinski definition) is 6. The van der Waals surface area contributed by atoms with Gasteiger partial charge in [0.2, 0.25) is 0 Å². The van der Waals surface area contributed by atoms with E-state index >= 15 is 0 Å². The van der Waals surface area contributed by atoms with Crippen LogP contribution in [0.3, 0.4) is 0 Å². The van der Waals surface area contributed by atoms with E-state index in [9.17, 15) is 0 Å². The lowest BCUT2D eigenvalue weighted by Crippen LogP contribution is -2.24. The first-order valence-corrected chi connectivity index (χ1v) is 6.67. The predicted octanol–water partition coefficient (Wildman–Crippen LogP) is 1.54. The van der Waals surface area contributed by atoms with E-state index < -0.39 is 0 Å². The van der Waals surface area contributed by atoms with Crippen LogP contribution in [0, 0.1) is 39.4 Å². The van der Waals surface area contributed by atoms with Crippen LogP contribution < -0.4 is 0 Å². The molecule has 0 aromatic heterocycles. The third-order valence-electron chi connectivity index (χ3n) is 3.14. The van der Waals surface area contributed by atoms with Gasteiger partial charge in [0.15, 0.2) is 0 Å². The molecule has 0 radical (unpaired) electrons. The quantitative estimate of drug-likeness (QED) is 0.531. The van der Waals surface area contributed by atoms with Crippen molar-refractivity contribution >= 4 is 0 Å². The summed E-state index contributed by atoms with van der Waals surface area (Å²) >= 11 is 0. The maximum atomic E-state index is 8.49. The molecule has 108 valence electrons. The summed E-state index contributed by atoms with van der Waals surface area (Å²) in [7, 11) is 0. The van der Waals surface area contributed by atoms with Crippen molar-refractivity contribution in [3.63, 3.8) is 0 Å². The summed E-state index contributed by atoms with van der Waals surface area (Å²) in [6.45, 7) is 2.19. The normalized spacial score (nSPS) is 18.8. The molecule has 1 aliphatic rings. The molecule has 6 heteroatoms. The maximum Gasteiger partial charge on any atom is 0.0685 e. The Morgan fingerprint density at radius 3 is 1.85 bits per heavy atom. The average Bonchev–Trinajstić information content (AvgIpc) is 3.14. The first kappa shape index (κ1) is 16.4. The van der Waals surface area contributed by atoms with Crippen LogP contribution in [0.2, 0.25) is 0 Å². The lowest BCUT2D eigenvalue weighted by atomic mass is 10.1. The summed E-state index contributed by atoms with van der Waals surface area (Å²) < 4.78 is 16.6. The van der Waals surface area contributed by atoms with Crippen molar-refractivity contribution in [1.29, 1.82) is 15.8 Å². The van der Waals surface area contributed by atoms with Gasteiger partial charge in [-0.3, -0.25) is 0 Å². The molecule has 0 aliphatic heterocycles. The van der Waals surface area contributed by atoms with Gasteiger partial charge in [0.1, 0.15) is 0 Å². The fourth-order valence-corrected chi connectivity index (χ4v) is 1.92. The first-order valence-electron chi connectivity index (χ1n) is 6.67. The second-order valence-electron chi connectivity index (χ2n) is 4.76. The van der Waals surface area contributed by atoms with E-state index in [4.69, 9.17) is 30.0 Å². The Labute approximate surface area is 119 Å². The maximum absolute atomic E-state index is 8.49. The SMILES string of the molecule is N#CCCOCC1(COCCC#N)CC1OCCC#N. The highest BCUT2D eigenvalue weighted by Gasteiger charge is 2.55. The van der Waals surface area contributed by atoms with Gasteiger partial charge < -0.3 is 14.2 Å². The molecule has 0 heterocycles. The van der Waals surface area contributed by atoms with Gasteiger partial charge in [-0.25, -0.2) is 0 Å². The molecular formula is C14H19N3O3. The molecule has 1 fully saturated rings. The fraction of sp³-hybridized carbons (Fsp3) is 0.786. The third-order valence-corrected chi connectivity index (χ3v) is 3.14. The third kappa shape index (κ3) is 5.55. The van der Waals surface area contributed by atoms with Gasteiger partial charge in [0.05, 0.1) is 76.6 Å². The van der Waals surface area contributed by atoms with Crippen molar-refractivity contribution in [2.24, 2.45) is 5.41 Å². The zero-order valence-electron chi connectivity index (χ0n) is 11.5. The van der Waals surface area contributed by atoms with Crippen LogP contribution >= 0.6 is 0 Å². The van der Waals surface area contributed by atoms with Gasteiger partial charge in [-0.15, -0.1) is 0 Å². The minimum atomic E-state index is -0.180. The smallest absolute Gasteiger partial charge is 0.0685 e. The van der Waals surface area contributed by atoms with Gasteiger partial charge in [0, 0.05) is 5.41 Å². The summed E-state index contributed by atoms with van der Waals surface area (Å²) in [5, 5.41) is 25.4. The Balaban J connectivity index is 2.31. The molecule has 1 rings (SSSR count). The lowest BCUT2D eigenvalue weighted by Gasteiger charge is -2.17. The molecule has 6 nitrogen and oxygen atoms in total. The molecule has 1 atom stereocenters. The van der Waals surface area contributed by atoms with E-state index in [1.165, 1.54) is 0 Å². The van der Waals surface area contributed by atoms with Crippen LogP contribution in [-0.2, 0) is 14.2 Å². The minimum absolute atomic E-state index is 0.0417. The number of ether oxygens (including phenoxy) is 3. The molecule has 0 bridgehead atoms. The van der Waals surface area contributed by atoms with Crippen molar-refractivity contribution < 1.29 is 14.2 Å². The average molecular weight is 277 g/mol. The molecule has 1 aliphatic carbocycles. The molecule has 0 aromatic rings. The summed E-state index contributed by atoms with van der Waals surface area (Å²) in [5.41, 5.74) is -0.180. The van der Waals surface area contributed by atoms with E-state index in [1.54, 1.807) is 0 Å². The highest BCUT2D eigenvalue weighted by molar-refractivity contribution is 5.04. The highest BCUT2D eigenvalue weighted by Crippen LogP contribution is 2.49. The monoisotopic (exact) mass is 277 g/mol. The Bertz CT molecular complexity index is 383. The molecule has 1 saturated carbocycles. The Kier molecular flexibility index (Phi) is 7.62.